The summed E-state index contributed by atoms with van der Waals surface area (Å²) in [6.07, 6.45) is 0. The van der Waals surface area contributed by atoms with E-state index in [0.29, 0.717) is 24.7 Å². The molecular weight excluding hydrogens is 228 g/mol. The first kappa shape index (κ1) is 12.8. The van der Waals surface area contributed by atoms with Crippen LogP contribution in [0.2, 0.25) is 5.02 Å². The van der Waals surface area contributed by atoms with Crippen LogP contribution in [0, 0.1) is 0 Å². The molecule has 0 unspecified atom stereocenters. The quantitative estimate of drug-likeness (QED) is 0.682. The maximum Gasteiger partial charge on any atom is 0.216 e. The minimum absolute atomic E-state index is 0.0329. The van der Waals surface area contributed by atoms with Gasteiger partial charge in [-0.2, -0.15) is 0 Å². The Bertz CT molecular complexity index is 369. The highest BCUT2D eigenvalue weighted by Gasteiger charge is 1.99. The van der Waals surface area contributed by atoms with Gasteiger partial charge in [0.15, 0.2) is 0 Å². The van der Waals surface area contributed by atoms with Crippen molar-refractivity contribution in [3.63, 3.8) is 0 Å². The van der Waals surface area contributed by atoms with Gasteiger partial charge in [0, 0.05) is 26.6 Å². The fourth-order valence-corrected chi connectivity index (χ4v) is 1.42. The van der Waals surface area contributed by atoms with Crippen LogP contribution in [0.25, 0.3) is 0 Å². The SMILES string of the molecule is CC(=O)NCCNCc1ccc(O)c(Cl)c1. The Kier molecular flexibility index (Phi) is 5.08. The zero-order valence-corrected chi connectivity index (χ0v) is 9.84. The summed E-state index contributed by atoms with van der Waals surface area (Å²) in [5, 5.41) is 15.4. The molecule has 4 nitrogen and oxygen atoms in total. The van der Waals surface area contributed by atoms with E-state index >= 15 is 0 Å². The molecule has 1 amide bonds. The Morgan fingerprint density at radius 2 is 2.19 bits per heavy atom. The van der Waals surface area contributed by atoms with Crippen molar-refractivity contribution in [3.8, 4) is 5.75 Å². The molecule has 1 rings (SSSR count). The Balaban J connectivity index is 2.27. The summed E-state index contributed by atoms with van der Waals surface area (Å²) < 4.78 is 0. The molecule has 1 aromatic rings. The molecule has 0 saturated carbocycles. The summed E-state index contributed by atoms with van der Waals surface area (Å²) in [4.78, 5) is 10.6. The third-order valence-corrected chi connectivity index (χ3v) is 2.32. The highest BCUT2D eigenvalue weighted by atomic mass is 35.5. The van der Waals surface area contributed by atoms with Crippen LogP contribution in [0.15, 0.2) is 18.2 Å². The summed E-state index contributed by atoms with van der Waals surface area (Å²) in [6, 6.07) is 5.07. The summed E-state index contributed by atoms with van der Waals surface area (Å²) in [7, 11) is 0. The van der Waals surface area contributed by atoms with Crippen molar-refractivity contribution in [1.29, 1.82) is 0 Å². The van der Waals surface area contributed by atoms with Gasteiger partial charge >= 0.3 is 0 Å². The Labute approximate surface area is 99.6 Å². The third kappa shape index (κ3) is 4.51. The van der Waals surface area contributed by atoms with Gasteiger partial charge in [0.1, 0.15) is 5.75 Å². The molecule has 0 heterocycles. The number of carbonyl (C=O) groups excluding carboxylic acids is 1. The number of phenols is 1. The van der Waals surface area contributed by atoms with Crippen molar-refractivity contribution in [3.05, 3.63) is 28.8 Å². The number of nitrogens with one attached hydrogen (secondary N) is 2. The molecular formula is C11H15ClN2O2. The van der Waals surface area contributed by atoms with Crippen LogP contribution in [0.5, 0.6) is 5.75 Å². The van der Waals surface area contributed by atoms with Gasteiger partial charge in [-0.05, 0) is 17.7 Å². The van der Waals surface area contributed by atoms with E-state index < -0.39 is 0 Å². The van der Waals surface area contributed by atoms with E-state index in [1.807, 2.05) is 0 Å². The van der Waals surface area contributed by atoms with E-state index in [1.165, 1.54) is 6.92 Å². The first-order chi connectivity index (χ1) is 7.59. The van der Waals surface area contributed by atoms with E-state index in [2.05, 4.69) is 10.6 Å². The van der Waals surface area contributed by atoms with Crippen molar-refractivity contribution >= 4 is 17.5 Å². The number of hydrogen-bond acceptors (Lipinski definition) is 3. The maximum atomic E-state index is 10.6. The lowest BCUT2D eigenvalue weighted by molar-refractivity contribution is -0.118. The lowest BCUT2D eigenvalue weighted by Crippen LogP contribution is -2.29. The standard InChI is InChI=1S/C11H15ClN2O2/c1-8(15)14-5-4-13-7-9-2-3-11(16)10(12)6-9/h2-3,6,13,16H,4-5,7H2,1H3,(H,14,15). The summed E-state index contributed by atoms with van der Waals surface area (Å²) in [6.45, 7) is 3.43. The number of phenolic OH excluding ortho intramolecular Hbond substituents is 1. The Hall–Kier alpha value is -1.26. The molecule has 0 saturated heterocycles. The first-order valence-corrected chi connectivity index (χ1v) is 5.40. The van der Waals surface area contributed by atoms with Gasteiger partial charge in [-0.1, -0.05) is 17.7 Å². The lowest BCUT2D eigenvalue weighted by Gasteiger charge is -2.06. The van der Waals surface area contributed by atoms with E-state index in [0.717, 1.165) is 5.56 Å². The van der Waals surface area contributed by atoms with Crippen molar-refractivity contribution < 1.29 is 9.90 Å². The van der Waals surface area contributed by atoms with Gasteiger partial charge in [-0.15, -0.1) is 0 Å². The van der Waals surface area contributed by atoms with Crippen molar-refractivity contribution in [2.45, 2.75) is 13.5 Å². The Morgan fingerprint density at radius 3 is 2.81 bits per heavy atom. The third-order valence-electron chi connectivity index (χ3n) is 2.02. The highest BCUT2D eigenvalue weighted by molar-refractivity contribution is 6.32. The monoisotopic (exact) mass is 242 g/mol. The molecule has 5 heteroatoms. The molecule has 1 aromatic carbocycles. The molecule has 3 N–H and O–H groups in total. The van der Waals surface area contributed by atoms with Gasteiger partial charge in [0.05, 0.1) is 5.02 Å². The molecule has 88 valence electrons. The highest BCUT2D eigenvalue weighted by Crippen LogP contribution is 2.23. The van der Waals surface area contributed by atoms with E-state index in [1.54, 1.807) is 18.2 Å². The minimum atomic E-state index is -0.0329. The second kappa shape index (κ2) is 6.35. The van der Waals surface area contributed by atoms with Crippen LogP contribution in [0.3, 0.4) is 0 Å². The number of hydrogen-bond donors (Lipinski definition) is 3. The van der Waals surface area contributed by atoms with E-state index in [4.69, 9.17) is 11.6 Å². The number of amides is 1. The normalized spacial score (nSPS) is 10.1. The van der Waals surface area contributed by atoms with Crippen molar-refractivity contribution in [2.24, 2.45) is 0 Å². The molecule has 0 atom stereocenters. The molecule has 0 fully saturated rings. The average molecular weight is 243 g/mol. The van der Waals surface area contributed by atoms with Crippen molar-refractivity contribution in [1.82, 2.24) is 10.6 Å². The molecule has 16 heavy (non-hydrogen) atoms. The zero-order valence-electron chi connectivity index (χ0n) is 9.09. The average Bonchev–Trinajstić information content (AvgIpc) is 2.22. The van der Waals surface area contributed by atoms with Crippen LogP contribution in [-0.4, -0.2) is 24.1 Å². The largest absolute Gasteiger partial charge is 0.506 e. The summed E-state index contributed by atoms with van der Waals surface area (Å²) in [5.74, 6) is 0.0538. The lowest BCUT2D eigenvalue weighted by atomic mass is 10.2. The van der Waals surface area contributed by atoms with Crippen LogP contribution in [-0.2, 0) is 11.3 Å². The van der Waals surface area contributed by atoms with Gasteiger partial charge in [0.25, 0.3) is 0 Å². The molecule has 0 spiro atoms. The molecule has 0 aliphatic rings. The fraction of sp³-hybridized carbons (Fsp3) is 0.364. The summed E-state index contributed by atoms with van der Waals surface area (Å²) in [5.41, 5.74) is 0.991. The number of rotatable bonds is 5. The number of aromatic hydroxyl groups is 1. The van der Waals surface area contributed by atoms with Crippen LogP contribution in [0.1, 0.15) is 12.5 Å². The predicted octanol–water partition coefficient (Wildman–Crippen LogP) is 1.27. The van der Waals surface area contributed by atoms with E-state index in [9.17, 15) is 9.90 Å². The summed E-state index contributed by atoms with van der Waals surface area (Å²) >= 11 is 5.76. The Morgan fingerprint density at radius 1 is 1.44 bits per heavy atom. The van der Waals surface area contributed by atoms with E-state index in [-0.39, 0.29) is 11.7 Å². The number of carbonyl (C=O) groups is 1. The molecule has 0 radical (unpaired) electrons. The topological polar surface area (TPSA) is 61.4 Å². The smallest absolute Gasteiger partial charge is 0.216 e. The van der Waals surface area contributed by atoms with Crippen molar-refractivity contribution in [2.75, 3.05) is 13.1 Å². The number of halogens is 1. The molecule has 0 bridgehead atoms. The predicted molar refractivity (Wildman–Crippen MR) is 63.5 cm³/mol. The van der Waals surface area contributed by atoms with Gasteiger partial charge in [-0.25, -0.2) is 0 Å². The van der Waals surface area contributed by atoms with Gasteiger partial charge < -0.3 is 15.7 Å². The maximum absolute atomic E-state index is 10.6. The van der Waals surface area contributed by atoms with Crippen LogP contribution in [0.4, 0.5) is 0 Å². The fourth-order valence-electron chi connectivity index (χ4n) is 1.22. The van der Waals surface area contributed by atoms with Gasteiger partial charge in [0.2, 0.25) is 5.91 Å². The first-order valence-electron chi connectivity index (χ1n) is 5.02. The minimum Gasteiger partial charge on any atom is -0.506 e. The zero-order chi connectivity index (χ0) is 12.0. The van der Waals surface area contributed by atoms with Gasteiger partial charge in [-0.3, -0.25) is 4.79 Å². The molecule has 0 aliphatic heterocycles. The molecule has 0 aliphatic carbocycles. The number of benzene rings is 1. The second-order valence-electron chi connectivity index (χ2n) is 3.45. The van der Waals surface area contributed by atoms with Crippen LogP contribution >= 0.6 is 11.6 Å². The molecule has 0 aromatic heterocycles. The van der Waals surface area contributed by atoms with Crippen LogP contribution < -0.4 is 10.6 Å². The second-order valence-corrected chi connectivity index (χ2v) is 3.85.